The predicted octanol–water partition coefficient (Wildman–Crippen LogP) is 3.55. The molecule has 1 aliphatic heterocycles. The van der Waals surface area contributed by atoms with Gasteiger partial charge in [0, 0.05) is 36.5 Å². The Balaban J connectivity index is 1.56. The number of H-pyrrole nitrogens is 1. The van der Waals surface area contributed by atoms with Crippen LogP contribution in [0.15, 0.2) is 54.9 Å². The van der Waals surface area contributed by atoms with Crippen LogP contribution in [-0.4, -0.2) is 39.3 Å². The van der Waals surface area contributed by atoms with Gasteiger partial charge in [-0.15, -0.1) is 0 Å². The number of nitrogens with zero attached hydrogens (tertiary/aromatic N) is 3. The lowest BCUT2D eigenvalue weighted by atomic mass is 9.90. The molecule has 6 heteroatoms. The molecule has 2 aromatic heterocycles. The number of aromatic amines is 1. The Morgan fingerprint density at radius 1 is 1.15 bits per heavy atom. The minimum absolute atomic E-state index is 0.210. The van der Waals surface area contributed by atoms with Gasteiger partial charge in [0.15, 0.2) is 0 Å². The Bertz CT molecular complexity index is 890. The molecule has 1 atom stereocenters. The number of aromatic nitrogens is 3. The largest absolute Gasteiger partial charge is 0.478 e. The second-order valence-electron chi connectivity index (χ2n) is 6.56. The van der Waals surface area contributed by atoms with Crippen molar-refractivity contribution in [3.63, 3.8) is 0 Å². The normalized spacial score (nSPS) is 17.2. The number of rotatable bonds is 4. The molecular weight excluding hydrogens is 328 g/mol. The van der Waals surface area contributed by atoms with Crippen LogP contribution in [0.3, 0.4) is 0 Å². The van der Waals surface area contributed by atoms with Gasteiger partial charge in [-0.2, -0.15) is 5.10 Å². The van der Waals surface area contributed by atoms with Gasteiger partial charge < -0.3 is 10.0 Å². The molecule has 0 aliphatic carbocycles. The molecule has 6 nitrogen and oxygen atoms in total. The van der Waals surface area contributed by atoms with Crippen molar-refractivity contribution in [2.45, 2.75) is 18.8 Å². The van der Waals surface area contributed by atoms with Crippen molar-refractivity contribution in [2.24, 2.45) is 0 Å². The van der Waals surface area contributed by atoms with E-state index in [0.29, 0.717) is 5.92 Å². The number of carboxylic acids is 1. The molecule has 4 rings (SSSR count). The molecule has 0 spiro atoms. The summed E-state index contributed by atoms with van der Waals surface area (Å²) in [5, 5.41) is 16.5. The molecule has 0 unspecified atom stereocenters. The maximum atomic E-state index is 11.0. The third-order valence-corrected chi connectivity index (χ3v) is 4.90. The highest BCUT2D eigenvalue weighted by Gasteiger charge is 2.26. The minimum Gasteiger partial charge on any atom is -0.478 e. The zero-order valence-corrected chi connectivity index (χ0v) is 14.3. The van der Waals surface area contributed by atoms with Crippen LogP contribution in [0.4, 0.5) is 5.82 Å². The highest BCUT2D eigenvalue weighted by atomic mass is 16.4. The van der Waals surface area contributed by atoms with Crippen molar-refractivity contribution in [1.82, 2.24) is 15.2 Å². The molecule has 0 radical (unpaired) electrons. The molecule has 0 amide bonds. The number of anilines is 1. The van der Waals surface area contributed by atoms with Crippen LogP contribution >= 0.6 is 0 Å². The topological polar surface area (TPSA) is 82.1 Å². The monoisotopic (exact) mass is 348 g/mol. The van der Waals surface area contributed by atoms with E-state index < -0.39 is 5.97 Å². The number of carboxylic acid groups (broad SMARTS) is 1. The summed E-state index contributed by atoms with van der Waals surface area (Å²) >= 11 is 0. The van der Waals surface area contributed by atoms with E-state index in [2.05, 4.69) is 32.2 Å². The standard InChI is InChI=1S/C20H20N4O2/c25-20(26)15-8-9-18(21-11-15)24-10-4-7-16(13-24)19-17(12-22-23-19)14-5-2-1-3-6-14/h1-3,5-6,8-9,11-12,16H,4,7,10,13H2,(H,22,23)(H,25,26)/t16-/m1/s1. The van der Waals surface area contributed by atoms with E-state index in [-0.39, 0.29) is 5.56 Å². The molecule has 1 aliphatic rings. The van der Waals surface area contributed by atoms with Gasteiger partial charge in [-0.25, -0.2) is 9.78 Å². The lowest BCUT2D eigenvalue weighted by molar-refractivity contribution is 0.0696. The van der Waals surface area contributed by atoms with E-state index in [9.17, 15) is 4.79 Å². The third-order valence-electron chi connectivity index (χ3n) is 4.90. The summed E-state index contributed by atoms with van der Waals surface area (Å²) in [6.07, 6.45) is 5.46. The van der Waals surface area contributed by atoms with Crippen LogP contribution in [-0.2, 0) is 0 Å². The Labute approximate surface area is 151 Å². The highest BCUT2D eigenvalue weighted by Crippen LogP contribution is 2.34. The van der Waals surface area contributed by atoms with E-state index in [4.69, 9.17) is 5.11 Å². The summed E-state index contributed by atoms with van der Waals surface area (Å²) in [6, 6.07) is 13.7. The number of nitrogens with one attached hydrogen (secondary N) is 1. The zero-order chi connectivity index (χ0) is 17.9. The van der Waals surface area contributed by atoms with E-state index in [0.717, 1.165) is 48.6 Å². The van der Waals surface area contributed by atoms with Crippen molar-refractivity contribution < 1.29 is 9.90 Å². The van der Waals surface area contributed by atoms with Gasteiger partial charge in [-0.1, -0.05) is 30.3 Å². The smallest absolute Gasteiger partial charge is 0.337 e. The van der Waals surface area contributed by atoms with Gasteiger partial charge in [0.2, 0.25) is 0 Å². The first-order valence-electron chi connectivity index (χ1n) is 8.75. The maximum absolute atomic E-state index is 11.0. The molecule has 1 fully saturated rings. The van der Waals surface area contributed by atoms with Gasteiger partial charge in [0.1, 0.15) is 5.82 Å². The van der Waals surface area contributed by atoms with E-state index in [1.54, 1.807) is 12.1 Å². The second-order valence-corrected chi connectivity index (χ2v) is 6.56. The summed E-state index contributed by atoms with van der Waals surface area (Å²) in [5.41, 5.74) is 3.68. The zero-order valence-electron chi connectivity index (χ0n) is 14.3. The van der Waals surface area contributed by atoms with Crippen molar-refractivity contribution in [3.8, 4) is 11.1 Å². The second kappa shape index (κ2) is 7.00. The van der Waals surface area contributed by atoms with Gasteiger partial charge in [-0.05, 0) is 30.5 Å². The van der Waals surface area contributed by atoms with Gasteiger partial charge in [0.25, 0.3) is 0 Å². The van der Waals surface area contributed by atoms with Crippen LogP contribution < -0.4 is 4.90 Å². The SMILES string of the molecule is O=C(O)c1ccc(N2CCC[C@@H](c3[nH]ncc3-c3ccccc3)C2)nc1. The summed E-state index contributed by atoms with van der Waals surface area (Å²) in [4.78, 5) is 17.6. The van der Waals surface area contributed by atoms with Crippen LogP contribution in [0.2, 0.25) is 0 Å². The number of benzene rings is 1. The number of aromatic carboxylic acids is 1. The fourth-order valence-electron chi connectivity index (χ4n) is 3.58. The van der Waals surface area contributed by atoms with Crippen molar-refractivity contribution in [2.75, 3.05) is 18.0 Å². The first-order valence-corrected chi connectivity index (χ1v) is 8.75. The molecule has 3 aromatic rings. The molecule has 0 saturated carbocycles. The summed E-state index contributed by atoms with van der Waals surface area (Å²) in [7, 11) is 0. The maximum Gasteiger partial charge on any atom is 0.337 e. The lowest BCUT2D eigenvalue weighted by Gasteiger charge is -2.33. The Morgan fingerprint density at radius 2 is 2.00 bits per heavy atom. The number of hydrogen-bond donors (Lipinski definition) is 2. The van der Waals surface area contributed by atoms with E-state index >= 15 is 0 Å². The van der Waals surface area contributed by atoms with Crippen molar-refractivity contribution in [1.29, 1.82) is 0 Å². The van der Waals surface area contributed by atoms with Crippen molar-refractivity contribution >= 4 is 11.8 Å². The summed E-state index contributed by atoms with van der Waals surface area (Å²) < 4.78 is 0. The van der Waals surface area contributed by atoms with E-state index in [1.165, 1.54) is 6.20 Å². The Kier molecular flexibility index (Phi) is 4.39. The number of pyridine rings is 1. The average molecular weight is 348 g/mol. The molecular formula is C20H20N4O2. The third kappa shape index (κ3) is 3.18. The summed E-state index contributed by atoms with van der Waals surface area (Å²) in [6.45, 7) is 1.76. The molecule has 0 bridgehead atoms. The Hall–Kier alpha value is -3.15. The van der Waals surface area contributed by atoms with Gasteiger partial charge in [0.05, 0.1) is 11.8 Å². The average Bonchev–Trinajstić information content (AvgIpc) is 3.19. The summed E-state index contributed by atoms with van der Waals surface area (Å²) in [5.74, 6) is 0.202. The molecule has 1 aromatic carbocycles. The minimum atomic E-state index is -0.953. The van der Waals surface area contributed by atoms with Crippen molar-refractivity contribution in [3.05, 3.63) is 66.1 Å². The first-order chi connectivity index (χ1) is 12.7. The highest BCUT2D eigenvalue weighted by molar-refractivity contribution is 5.87. The van der Waals surface area contributed by atoms with Crippen LogP contribution in [0.25, 0.3) is 11.1 Å². The fourth-order valence-corrected chi connectivity index (χ4v) is 3.58. The predicted molar refractivity (Wildman–Crippen MR) is 99.4 cm³/mol. The fraction of sp³-hybridized carbons (Fsp3) is 0.250. The molecule has 1 saturated heterocycles. The molecule has 2 N–H and O–H groups in total. The molecule has 3 heterocycles. The lowest BCUT2D eigenvalue weighted by Crippen LogP contribution is -2.35. The number of carbonyl (C=O) groups is 1. The number of hydrogen-bond acceptors (Lipinski definition) is 4. The van der Waals surface area contributed by atoms with Gasteiger partial charge in [-0.3, -0.25) is 5.10 Å². The van der Waals surface area contributed by atoms with Crippen LogP contribution in [0.5, 0.6) is 0 Å². The number of piperidine rings is 1. The van der Waals surface area contributed by atoms with E-state index in [1.807, 2.05) is 24.4 Å². The van der Waals surface area contributed by atoms with Gasteiger partial charge >= 0.3 is 5.97 Å². The quantitative estimate of drug-likeness (QED) is 0.753. The Morgan fingerprint density at radius 3 is 2.73 bits per heavy atom. The molecule has 132 valence electrons. The van der Waals surface area contributed by atoms with Crippen LogP contribution in [0, 0.1) is 0 Å². The molecule has 26 heavy (non-hydrogen) atoms. The van der Waals surface area contributed by atoms with Crippen LogP contribution in [0.1, 0.15) is 34.8 Å². The first kappa shape index (κ1) is 16.3.